The Bertz CT molecular complexity index is 981. The highest BCUT2D eigenvalue weighted by molar-refractivity contribution is 7.81. The Labute approximate surface area is 167 Å². The molecule has 0 radical (unpaired) electrons. The van der Waals surface area contributed by atoms with E-state index in [4.69, 9.17) is 23.8 Å². The average Bonchev–Trinajstić information content (AvgIpc) is 3.14. The molecule has 6 heteroatoms. The van der Waals surface area contributed by atoms with Crippen molar-refractivity contribution in [3.63, 3.8) is 0 Å². The minimum Gasteiger partial charge on any atom is -0.501 e. The van der Waals surface area contributed by atoms with E-state index in [1.54, 1.807) is 0 Å². The van der Waals surface area contributed by atoms with Gasteiger partial charge in [0.1, 0.15) is 0 Å². The molecule has 0 spiro atoms. The molecule has 26 heavy (non-hydrogen) atoms. The van der Waals surface area contributed by atoms with E-state index in [9.17, 15) is 5.11 Å². The Balaban J connectivity index is 2.08. The lowest BCUT2D eigenvalue weighted by Gasteiger charge is -2.12. The van der Waals surface area contributed by atoms with Gasteiger partial charge < -0.3 is 10.4 Å². The standard InChI is InChI=1S/C20H17ClN2OS2/c1-13-6-4-10-23(12-13)18(19(24)17-9-5-11-26-17)20(25)22-16-8-3-7-15(21)14(16)2/h3-12H,1-2H3,(H-,22,24,25)/p+1. The van der Waals surface area contributed by atoms with Crippen LogP contribution >= 0.6 is 35.2 Å². The summed E-state index contributed by atoms with van der Waals surface area (Å²) in [5.41, 5.74) is 3.30. The number of nitrogens with one attached hydrogen (secondary N) is 1. The fraction of sp³-hybridized carbons (Fsp3) is 0.100. The zero-order valence-corrected chi connectivity index (χ0v) is 16.8. The van der Waals surface area contributed by atoms with Crippen LogP contribution in [0.4, 0.5) is 5.69 Å². The second-order valence-corrected chi connectivity index (χ2v) is 7.59. The molecule has 3 nitrogen and oxygen atoms in total. The van der Waals surface area contributed by atoms with Crippen molar-refractivity contribution in [3.05, 3.63) is 81.3 Å². The molecule has 0 atom stereocenters. The fourth-order valence-corrected chi connectivity index (χ4v) is 3.69. The molecule has 3 rings (SSSR count). The molecule has 132 valence electrons. The molecule has 3 aromatic rings. The lowest BCUT2D eigenvalue weighted by atomic mass is 10.2. The number of hydrogen-bond acceptors (Lipinski definition) is 3. The maximum atomic E-state index is 10.9. The van der Waals surface area contributed by atoms with Crippen molar-refractivity contribution in [2.45, 2.75) is 13.8 Å². The smallest absolute Gasteiger partial charge is 0.289 e. The molecule has 2 aromatic heterocycles. The Hall–Kier alpha value is -2.21. The van der Waals surface area contributed by atoms with Crippen LogP contribution in [0, 0.1) is 13.8 Å². The molecule has 0 unspecified atom stereocenters. The first-order valence-corrected chi connectivity index (χ1v) is 9.66. The summed E-state index contributed by atoms with van der Waals surface area (Å²) in [4.78, 5) is 1.16. The van der Waals surface area contributed by atoms with Gasteiger partial charge in [0.2, 0.25) is 5.76 Å². The molecule has 0 aliphatic rings. The van der Waals surface area contributed by atoms with Crippen molar-refractivity contribution in [3.8, 4) is 0 Å². The second-order valence-electron chi connectivity index (χ2n) is 5.83. The van der Waals surface area contributed by atoms with E-state index in [1.807, 2.05) is 78.7 Å². The van der Waals surface area contributed by atoms with E-state index in [1.165, 1.54) is 11.3 Å². The average molecular weight is 402 g/mol. The summed E-state index contributed by atoms with van der Waals surface area (Å²) in [6.07, 6.45) is 3.79. The molecular formula is C20H18ClN2OS2+. The van der Waals surface area contributed by atoms with Crippen LogP contribution in [0.3, 0.4) is 0 Å². The normalized spacial score (nSPS) is 11.8. The van der Waals surface area contributed by atoms with Gasteiger partial charge in [0.05, 0.1) is 4.88 Å². The Morgan fingerprint density at radius 3 is 2.65 bits per heavy atom. The van der Waals surface area contributed by atoms with Gasteiger partial charge in [0.25, 0.3) is 5.70 Å². The van der Waals surface area contributed by atoms with Crippen LogP contribution in [0.25, 0.3) is 11.5 Å². The quantitative estimate of drug-likeness (QED) is 0.257. The summed E-state index contributed by atoms with van der Waals surface area (Å²) in [5, 5.41) is 16.7. The molecule has 0 aliphatic heterocycles. The monoisotopic (exact) mass is 401 g/mol. The zero-order chi connectivity index (χ0) is 18.7. The number of rotatable bonds is 4. The van der Waals surface area contributed by atoms with Crippen molar-refractivity contribution in [1.82, 2.24) is 0 Å². The van der Waals surface area contributed by atoms with Crippen LogP contribution in [-0.2, 0) is 0 Å². The predicted octanol–water partition coefficient (Wildman–Crippen LogP) is 5.63. The van der Waals surface area contributed by atoms with E-state index < -0.39 is 0 Å². The number of aliphatic hydroxyl groups excluding tert-OH is 1. The summed E-state index contributed by atoms with van der Waals surface area (Å²) < 4.78 is 1.83. The van der Waals surface area contributed by atoms with Gasteiger partial charge in [0.15, 0.2) is 17.4 Å². The number of aryl methyl sites for hydroxylation is 1. The molecule has 2 heterocycles. The molecule has 2 N–H and O–H groups in total. The summed E-state index contributed by atoms with van der Waals surface area (Å²) in [6, 6.07) is 13.3. The van der Waals surface area contributed by atoms with Crippen molar-refractivity contribution in [2.24, 2.45) is 0 Å². The first kappa shape index (κ1) is 18.6. The molecule has 1 aromatic carbocycles. The second kappa shape index (κ2) is 7.99. The molecule has 0 amide bonds. The Morgan fingerprint density at radius 2 is 1.96 bits per heavy atom. The number of hydrogen-bond donors (Lipinski definition) is 2. The summed E-state index contributed by atoms with van der Waals surface area (Å²) in [7, 11) is 0. The van der Waals surface area contributed by atoms with Gasteiger partial charge >= 0.3 is 0 Å². The summed E-state index contributed by atoms with van der Waals surface area (Å²) >= 11 is 13.3. The van der Waals surface area contributed by atoms with Gasteiger partial charge in [-0.15, -0.1) is 11.3 Å². The van der Waals surface area contributed by atoms with Crippen LogP contribution < -0.4 is 9.88 Å². The number of thiocarbonyl (C=S) groups is 1. The van der Waals surface area contributed by atoms with Crippen LogP contribution in [0.2, 0.25) is 5.02 Å². The largest absolute Gasteiger partial charge is 0.501 e. The maximum absolute atomic E-state index is 10.9. The lowest BCUT2D eigenvalue weighted by molar-refractivity contribution is -0.576. The van der Waals surface area contributed by atoms with E-state index in [0.29, 0.717) is 15.7 Å². The van der Waals surface area contributed by atoms with Gasteiger partial charge in [-0.2, -0.15) is 4.57 Å². The molecule has 0 saturated carbocycles. The van der Waals surface area contributed by atoms with Crippen molar-refractivity contribution >= 4 is 57.3 Å². The van der Waals surface area contributed by atoms with Crippen molar-refractivity contribution in [2.75, 3.05) is 5.32 Å². The fourth-order valence-electron chi connectivity index (χ4n) is 2.53. The van der Waals surface area contributed by atoms with E-state index in [2.05, 4.69) is 5.32 Å². The van der Waals surface area contributed by atoms with Crippen LogP contribution in [0.1, 0.15) is 16.0 Å². The summed E-state index contributed by atoms with van der Waals surface area (Å²) in [5.74, 6) is 0.132. The van der Waals surface area contributed by atoms with Crippen molar-refractivity contribution in [1.29, 1.82) is 0 Å². The minimum absolute atomic E-state index is 0.132. The minimum atomic E-state index is 0.132. The van der Waals surface area contributed by atoms with E-state index in [0.717, 1.165) is 21.7 Å². The van der Waals surface area contributed by atoms with Crippen LogP contribution in [0.15, 0.2) is 60.2 Å². The molecule has 0 aliphatic carbocycles. The first-order chi connectivity index (χ1) is 12.5. The Kier molecular flexibility index (Phi) is 5.71. The molecule has 0 bridgehead atoms. The number of halogens is 1. The number of anilines is 1. The highest BCUT2D eigenvalue weighted by Gasteiger charge is 2.25. The van der Waals surface area contributed by atoms with Crippen molar-refractivity contribution < 1.29 is 9.67 Å². The number of aromatic nitrogens is 1. The third kappa shape index (κ3) is 3.96. The van der Waals surface area contributed by atoms with Gasteiger partial charge in [-0.05, 0) is 49.1 Å². The third-order valence-electron chi connectivity index (χ3n) is 3.92. The van der Waals surface area contributed by atoms with Gasteiger partial charge in [0, 0.05) is 22.3 Å². The highest BCUT2D eigenvalue weighted by atomic mass is 35.5. The van der Waals surface area contributed by atoms with E-state index >= 15 is 0 Å². The molecule has 0 saturated heterocycles. The highest BCUT2D eigenvalue weighted by Crippen LogP contribution is 2.26. The number of pyridine rings is 1. The van der Waals surface area contributed by atoms with Gasteiger partial charge in [-0.25, -0.2) is 0 Å². The maximum Gasteiger partial charge on any atom is 0.289 e. The zero-order valence-electron chi connectivity index (χ0n) is 14.4. The van der Waals surface area contributed by atoms with Gasteiger partial charge in [-0.3, -0.25) is 0 Å². The number of thiophene rings is 1. The third-order valence-corrected chi connectivity index (χ3v) is 5.50. The van der Waals surface area contributed by atoms with Crippen LogP contribution in [0.5, 0.6) is 0 Å². The van der Waals surface area contributed by atoms with E-state index in [-0.39, 0.29) is 5.76 Å². The number of benzene rings is 1. The first-order valence-electron chi connectivity index (χ1n) is 7.99. The van der Waals surface area contributed by atoms with Gasteiger partial charge in [-0.1, -0.05) is 36.0 Å². The van der Waals surface area contributed by atoms with Crippen LogP contribution in [-0.4, -0.2) is 10.1 Å². The number of nitrogens with zero attached hydrogens (tertiary/aromatic N) is 1. The topological polar surface area (TPSA) is 36.1 Å². The predicted molar refractivity (Wildman–Crippen MR) is 114 cm³/mol. The Morgan fingerprint density at radius 1 is 1.15 bits per heavy atom. The lowest BCUT2D eigenvalue weighted by Crippen LogP contribution is -2.38. The SMILES string of the molecule is Cc1ccc[n+](C(C(=S)Nc2cccc(Cl)c2C)=C(O)c2cccs2)c1. The number of aliphatic hydroxyl groups is 1. The molecule has 0 fully saturated rings. The summed E-state index contributed by atoms with van der Waals surface area (Å²) in [6.45, 7) is 3.92. The molecular weight excluding hydrogens is 384 g/mol.